The zero-order valence-corrected chi connectivity index (χ0v) is 13.9. The lowest BCUT2D eigenvalue weighted by Gasteiger charge is -2.38. The Labute approximate surface area is 141 Å². The quantitative estimate of drug-likeness (QED) is 0.845. The predicted octanol–water partition coefficient (Wildman–Crippen LogP) is 2.93. The van der Waals surface area contributed by atoms with E-state index in [0.29, 0.717) is 31.3 Å². The maximum Gasteiger partial charge on any atom is 0.127 e. The van der Waals surface area contributed by atoms with E-state index in [-0.39, 0.29) is 5.82 Å². The van der Waals surface area contributed by atoms with Gasteiger partial charge in [0.05, 0.1) is 18.8 Å². The Morgan fingerprint density at radius 2 is 1.92 bits per heavy atom. The Morgan fingerprint density at radius 1 is 1.17 bits per heavy atom. The minimum absolute atomic E-state index is 0.0977. The largest absolute Gasteiger partial charge is 0.378 e. The molecule has 4 rings (SSSR count). The molecule has 0 N–H and O–H groups in total. The van der Waals surface area contributed by atoms with Gasteiger partial charge in [-0.1, -0.05) is 23.4 Å². The molecule has 2 atom stereocenters. The van der Waals surface area contributed by atoms with Gasteiger partial charge in [-0.2, -0.15) is 0 Å². The topological polar surface area (TPSA) is 43.2 Å². The number of ether oxygens (including phenoxy) is 1. The van der Waals surface area contributed by atoms with E-state index in [9.17, 15) is 4.39 Å². The maximum atomic E-state index is 14.0. The first-order chi connectivity index (χ1) is 11.7. The van der Waals surface area contributed by atoms with Crippen LogP contribution in [0, 0.1) is 5.82 Å². The molecular formula is C18H23FN4O. The molecule has 5 nitrogen and oxygen atoms in total. The molecule has 0 amide bonds. The summed E-state index contributed by atoms with van der Waals surface area (Å²) in [7, 11) is 1.67. The van der Waals surface area contributed by atoms with Gasteiger partial charge in [0.15, 0.2) is 0 Å². The molecule has 2 aliphatic heterocycles. The summed E-state index contributed by atoms with van der Waals surface area (Å²) < 4.78 is 21.1. The Kier molecular flexibility index (Phi) is 4.33. The molecule has 0 aliphatic carbocycles. The maximum absolute atomic E-state index is 14.0. The first kappa shape index (κ1) is 15.7. The number of hydrogen-bond donors (Lipinski definition) is 0. The van der Waals surface area contributed by atoms with Crippen LogP contribution in [0.2, 0.25) is 0 Å². The highest BCUT2D eigenvalue weighted by Gasteiger charge is 2.41. The standard InChI is InChI=1S/C18H23FN4O/c1-24-12-14-11-23(21-20-14)17-8-15-6-7-16(9-17)22(15)10-13-4-2-3-5-18(13)19/h2-5,11,15-17H,6-10,12H2,1H3. The van der Waals surface area contributed by atoms with E-state index in [1.165, 1.54) is 12.8 Å². The van der Waals surface area contributed by atoms with Crippen molar-refractivity contribution < 1.29 is 9.13 Å². The van der Waals surface area contributed by atoms with Crippen LogP contribution in [0.3, 0.4) is 0 Å². The van der Waals surface area contributed by atoms with Gasteiger partial charge in [-0.25, -0.2) is 9.07 Å². The summed E-state index contributed by atoms with van der Waals surface area (Å²) in [6.07, 6.45) is 6.49. The Morgan fingerprint density at radius 3 is 2.62 bits per heavy atom. The van der Waals surface area contributed by atoms with Crippen LogP contribution >= 0.6 is 0 Å². The minimum Gasteiger partial charge on any atom is -0.378 e. The van der Waals surface area contributed by atoms with Crippen LogP contribution < -0.4 is 0 Å². The molecule has 128 valence electrons. The summed E-state index contributed by atoms with van der Waals surface area (Å²) >= 11 is 0. The predicted molar refractivity (Wildman–Crippen MR) is 87.8 cm³/mol. The molecule has 2 saturated heterocycles. The smallest absolute Gasteiger partial charge is 0.127 e. The number of methoxy groups -OCH3 is 1. The van der Waals surface area contributed by atoms with E-state index in [0.717, 1.165) is 24.1 Å². The van der Waals surface area contributed by atoms with Crippen molar-refractivity contribution in [3.63, 3.8) is 0 Å². The number of benzene rings is 1. The average Bonchev–Trinajstić information content (AvgIpc) is 3.12. The van der Waals surface area contributed by atoms with Crippen molar-refractivity contribution in [1.82, 2.24) is 19.9 Å². The fourth-order valence-electron chi connectivity index (χ4n) is 4.25. The molecular weight excluding hydrogens is 307 g/mol. The van der Waals surface area contributed by atoms with Gasteiger partial charge < -0.3 is 4.74 Å². The Balaban J connectivity index is 1.46. The van der Waals surface area contributed by atoms with Crippen LogP contribution in [0.4, 0.5) is 4.39 Å². The first-order valence-corrected chi connectivity index (χ1v) is 8.63. The molecule has 0 saturated carbocycles. The second kappa shape index (κ2) is 6.61. The molecule has 2 bridgehead atoms. The van der Waals surface area contributed by atoms with Crippen molar-refractivity contribution >= 4 is 0 Å². The average molecular weight is 330 g/mol. The molecule has 0 radical (unpaired) electrons. The van der Waals surface area contributed by atoms with Gasteiger partial charge in [0.25, 0.3) is 0 Å². The summed E-state index contributed by atoms with van der Waals surface area (Å²) in [4.78, 5) is 2.49. The van der Waals surface area contributed by atoms with Gasteiger partial charge in [0, 0.05) is 31.3 Å². The van der Waals surface area contributed by atoms with Gasteiger partial charge in [0.2, 0.25) is 0 Å². The van der Waals surface area contributed by atoms with Crippen LogP contribution in [0.1, 0.15) is 43.0 Å². The third kappa shape index (κ3) is 2.96. The molecule has 6 heteroatoms. The molecule has 24 heavy (non-hydrogen) atoms. The van der Waals surface area contributed by atoms with Crippen molar-refractivity contribution in [2.45, 2.75) is 57.0 Å². The SMILES string of the molecule is COCc1cn(C2CC3CCC(C2)N3Cc2ccccc2F)nn1. The van der Waals surface area contributed by atoms with Gasteiger partial charge >= 0.3 is 0 Å². The van der Waals surface area contributed by atoms with E-state index < -0.39 is 0 Å². The fraction of sp³-hybridized carbons (Fsp3) is 0.556. The highest BCUT2D eigenvalue weighted by molar-refractivity contribution is 5.18. The molecule has 2 fully saturated rings. The van der Waals surface area contributed by atoms with E-state index in [1.54, 1.807) is 19.2 Å². The third-order valence-electron chi connectivity index (χ3n) is 5.39. The van der Waals surface area contributed by atoms with E-state index in [1.807, 2.05) is 23.0 Å². The van der Waals surface area contributed by atoms with Gasteiger partial charge in [0.1, 0.15) is 11.5 Å². The van der Waals surface area contributed by atoms with Crippen molar-refractivity contribution in [2.75, 3.05) is 7.11 Å². The van der Waals surface area contributed by atoms with Crippen molar-refractivity contribution in [2.24, 2.45) is 0 Å². The normalized spacial score (nSPS) is 26.8. The lowest BCUT2D eigenvalue weighted by Crippen LogP contribution is -2.43. The number of fused-ring (bicyclic) bond motifs is 2. The molecule has 2 aliphatic rings. The lowest BCUT2D eigenvalue weighted by atomic mass is 9.96. The van der Waals surface area contributed by atoms with Crippen LogP contribution in [-0.4, -0.2) is 39.1 Å². The fourth-order valence-corrected chi connectivity index (χ4v) is 4.25. The van der Waals surface area contributed by atoms with Gasteiger partial charge in [-0.15, -0.1) is 5.10 Å². The highest BCUT2D eigenvalue weighted by Crippen LogP contribution is 2.41. The Bertz CT molecular complexity index is 690. The van der Waals surface area contributed by atoms with Crippen LogP contribution in [0.15, 0.2) is 30.5 Å². The van der Waals surface area contributed by atoms with Crippen LogP contribution in [0.25, 0.3) is 0 Å². The molecule has 1 aromatic carbocycles. The van der Waals surface area contributed by atoms with Gasteiger partial charge in [-0.3, -0.25) is 4.90 Å². The molecule has 3 heterocycles. The summed E-state index contributed by atoms with van der Waals surface area (Å²) in [5, 5.41) is 8.46. The zero-order chi connectivity index (χ0) is 16.5. The number of rotatable bonds is 5. The molecule has 2 unspecified atom stereocenters. The second-order valence-electron chi connectivity index (χ2n) is 6.90. The minimum atomic E-state index is -0.0977. The van der Waals surface area contributed by atoms with Crippen molar-refractivity contribution in [3.8, 4) is 0 Å². The number of aromatic nitrogens is 3. The van der Waals surface area contributed by atoms with E-state index >= 15 is 0 Å². The number of nitrogens with zero attached hydrogens (tertiary/aromatic N) is 4. The van der Waals surface area contributed by atoms with Crippen molar-refractivity contribution in [3.05, 3.63) is 47.5 Å². The lowest BCUT2D eigenvalue weighted by molar-refractivity contribution is 0.0933. The van der Waals surface area contributed by atoms with Crippen molar-refractivity contribution in [1.29, 1.82) is 0 Å². The zero-order valence-electron chi connectivity index (χ0n) is 13.9. The summed E-state index contributed by atoms with van der Waals surface area (Å²) in [5.41, 5.74) is 1.68. The molecule has 1 aromatic heterocycles. The Hall–Kier alpha value is -1.79. The summed E-state index contributed by atoms with van der Waals surface area (Å²) in [6.45, 7) is 1.21. The van der Waals surface area contributed by atoms with E-state index in [4.69, 9.17) is 4.74 Å². The molecule has 2 aromatic rings. The van der Waals surface area contributed by atoms with Gasteiger partial charge in [-0.05, 0) is 31.7 Å². The second-order valence-corrected chi connectivity index (χ2v) is 6.90. The van der Waals surface area contributed by atoms with E-state index in [2.05, 4.69) is 15.2 Å². The summed E-state index contributed by atoms with van der Waals surface area (Å²) in [5.74, 6) is -0.0977. The molecule has 0 spiro atoms. The van der Waals surface area contributed by atoms with Crippen LogP contribution in [-0.2, 0) is 17.9 Å². The first-order valence-electron chi connectivity index (χ1n) is 8.63. The highest BCUT2D eigenvalue weighted by atomic mass is 19.1. The third-order valence-corrected chi connectivity index (χ3v) is 5.39. The monoisotopic (exact) mass is 330 g/mol. The summed E-state index contributed by atoms with van der Waals surface area (Å²) in [6, 6.07) is 8.51. The number of halogens is 1. The van der Waals surface area contributed by atoms with Crippen LogP contribution in [0.5, 0.6) is 0 Å². The number of piperidine rings is 1. The number of hydrogen-bond acceptors (Lipinski definition) is 4.